The number of anilines is 1. The van der Waals surface area contributed by atoms with E-state index in [2.05, 4.69) is 6.92 Å². The van der Waals surface area contributed by atoms with Gasteiger partial charge in [-0.3, -0.25) is 19.3 Å². The van der Waals surface area contributed by atoms with Crippen LogP contribution < -0.4 is 20.1 Å². The highest BCUT2D eigenvalue weighted by molar-refractivity contribution is 5.95. The van der Waals surface area contributed by atoms with Crippen molar-refractivity contribution < 1.29 is 29.0 Å². The Hall–Kier alpha value is -3.63. The highest BCUT2D eigenvalue weighted by Crippen LogP contribution is 2.43. The summed E-state index contributed by atoms with van der Waals surface area (Å²) in [4.78, 5) is 45.6. The minimum Gasteiger partial charge on any atom is -0.481 e. The molecule has 5 rings (SSSR count). The number of carbonyl (C=O) groups is 3. The van der Waals surface area contributed by atoms with Crippen molar-refractivity contribution in [3.8, 4) is 11.5 Å². The lowest BCUT2D eigenvalue weighted by atomic mass is 9.84. The van der Waals surface area contributed by atoms with Crippen LogP contribution in [0.3, 0.4) is 0 Å². The first kappa shape index (κ1) is 30.8. The molecule has 0 spiro atoms. The van der Waals surface area contributed by atoms with Crippen molar-refractivity contribution in [2.75, 3.05) is 44.4 Å². The number of carbonyl (C=O) groups excluding carboxylic acids is 2. The molecule has 2 saturated heterocycles. The van der Waals surface area contributed by atoms with Gasteiger partial charge in [0.2, 0.25) is 18.6 Å². The summed E-state index contributed by atoms with van der Waals surface area (Å²) < 4.78 is 11.1. The third-order valence-electron chi connectivity index (χ3n) is 9.26. The summed E-state index contributed by atoms with van der Waals surface area (Å²) >= 11 is 0. The summed E-state index contributed by atoms with van der Waals surface area (Å²) in [6.45, 7) is 8.65. The SMILES string of the molecule is CCCCN(C(=O)CN1CC(c2ccc3c(c2)OCO3)C(C(=O)O)C1CCN1CCC(C)(C)C1=O)c1cccc(CN)c1. The second-order valence-electron chi connectivity index (χ2n) is 12.6. The van der Waals surface area contributed by atoms with Crippen molar-refractivity contribution >= 4 is 23.5 Å². The molecule has 3 unspecified atom stereocenters. The van der Waals surface area contributed by atoms with E-state index in [1.54, 1.807) is 4.90 Å². The van der Waals surface area contributed by atoms with Gasteiger partial charge in [-0.2, -0.15) is 0 Å². The van der Waals surface area contributed by atoms with Gasteiger partial charge in [0.15, 0.2) is 11.5 Å². The summed E-state index contributed by atoms with van der Waals surface area (Å²) in [5.41, 5.74) is 8.06. The molecule has 0 radical (unpaired) electrons. The Balaban J connectivity index is 1.43. The van der Waals surface area contributed by atoms with Crippen molar-refractivity contribution in [1.82, 2.24) is 9.80 Å². The summed E-state index contributed by atoms with van der Waals surface area (Å²) in [6.07, 6.45) is 3.01. The molecule has 10 heteroatoms. The minimum atomic E-state index is -0.908. The van der Waals surface area contributed by atoms with E-state index in [1.807, 2.05) is 66.1 Å². The number of likely N-dealkylation sites (tertiary alicyclic amines) is 2. The third-order valence-corrected chi connectivity index (χ3v) is 9.26. The van der Waals surface area contributed by atoms with Gasteiger partial charge in [-0.25, -0.2) is 0 Å². The molecule has 0 bridgehead atoms. The van der Waals surface area contributed by atoms with Gasteiger partial charge in [-0.15, -0.1) is 0 Å². The maximum Gasteiger partial charge on any atom is 0.308 e. The average molecular weight is 593 g/mol. The second-order valence-corrected chi connectivity index (χ2v) is 12.6. The predicted molar refractivity (Wildman–Crippen MR) is 163 cm³/mol. The number of rotatable bonds is 12. The third kappa shape index (κ3) is 6.50. The zero-order valence-electron chi connectivity index (χ0n) is 25.5. The van der Waals surface area contributed by atoms with Crippen molar-refractivity contribution in [2.45, 2.75) is 65.0 Å². The van der Waals surface area contributed by atoms with Crippen LogP contribution >= 0.6 is 0 Å². The monoisotopic (exact) mass is 592 g/mol. The average Bonchev–Trinajstić information content (AvgIpc) is 3.67. The number of aliphatic carboxylic acids is 1. The van der Waals surface area contributed by atoms with Gasteiger partial charge in [-0.1, -0.05) is 45.4 Å². The van der Waals surface area contributed by atoms with E-state index in [4.69, 9.17) is 15.2 Å². The van der Waals surface area contributed by atoms with Gasteiger partial charge in [0.05, 0.1) is 12.5 Å². The van der Waals surface area contributed by atoms with Crippen LogP contribution in [-0.4, -0.2) is 78.2 Å². The van der Waals surface area contributed by atoms with Gasteiger partial charge in [0.25, 0.3) is 0 Å². The standard InChI is InChI=1S/C33H44N4O6/c1-4-5-13-37(24-8-6-7-22(16-24)18-34)29(38)20-36-19-25(23-9-10-27-28(17-23)43-21-42-27)30(31(39)40)26(36)11-14-35-15-12-33(2,3)32(35)41/h6-10,16-17,25-26,30H,4-5,11-15,18-21,34H2,1-3H3,(H,39,40). The Bertz CT molecular complexity index is 1350. The first-order valence-corrected chi connectivity index (χ1v) is 15.4. The summed E-state index contributed by atoms with van der Waals surface area (Å²) in [6, 6.07) is 12.9. The molecule has 3 aliphatic heterocycles. The van der Waals surface area contributed by atoms with E-state index >= 15 is 0 Å². The molecular formula is C33H44N4O6. The Morgan fingerprint density at radius 3 is 2.63 bits per heavy atom. The Morgan fingerprint density at radius 2 is 1.93 bits per heavy atom. The Labute approximate surface area is 253 Å². The fraction of sp³-hybridized carbons (Fsp3) is 0.545. The zero-order valence-corrected chi connectivity index (χ0v) is 25.5. The number of ether oxygens (including phenoxy) is 2. The molecule has 10 nitrogen and oxygen atoms in total. The van der Waals surface area contributed by atoms with Crippen LogP contribution in [0.25, 0.3) is 0 Å². The maximum absolute atomic E-state index is 14.0. The molecule has 3 N–H and O–H groups in total. The molecule has 0 aliphatic carbocycles. The van der Waals surface area contributed by atoms with E-state index in [-0.39, 0.29) is 31.1 Å². The fourth-order valence-electron chi connectivity index (χ4n) is 6.71. The molecule has 3 aliphatic rings. The van der Waals surface area contributed by atoms with Gasteiger partial charge in [0, 0.05) is 55.8 Å². The van der Waals surface area contributed by atoms with Crippen molar-refractivity contribution in [3.63, 3.8) is 0 Å². The van der Waals surface area contributed by atoms with Gasteiger partial charge < -0.3 is 30.1 Å². The quantitative estimate of drug-likeness (QED) is 0.381. The number of hydrogen-bond acceptors (Lipinski definition) is 7. The van der Waals surface area contributed by atoms with E-state index in [1.165, 1.54) is 0 Å². The van der Waals surface area contributed by atoms with Crippen LogP contribution in [0.5, 0.6) is 11.5 Å². The Kier molecular flexibility index (Phi) is 9.27. The molecule has 43 heavy (non-hydrogen) atoms. The molecule has 0 saturated carbocycles. The highest BCUT2D eigenvalue weighted by Gasteiger charge is 2.48. The smallest absolute Gasteiger partial charge is 0.308 e. The molecule has 232 valence electrons. The van der Waals surface area contributed by atoms with E-state index in [0.29, 0.717) is 50.6 Å². The first-order chi connectivity index (χ1) is 20.6. The number of benzene rings is 2. The lowest BCUT2D eigenvalue weighted by Gasteiger charge is -2.31. The number of nitrogens with two attached hydrogens (primary N) is 1. The van der Waals surface area contributed by atoms with Crippen LogP contribution in [0.1, 0.15) is 63.5 Å². The molecule has 2 aromatic rings. The lowest BCUT2D eigenvalue weighted by Crippen LogP contribution is -2.46. The molecule has 2 fully saturated rings. The predicted octanol–water partition coefficient (Wildman–Crippen LogP) is 3.82. The fourth-order valence-corrected chi connectivity index (χ4v) is 6.71. The van der Waals surface area contributed by atoms with Gasteiger partial charge in [0.1, 0.15) is 0 Å². The van der Waals surface area contributed by atoms with Crippen LogP contribution in [0.4, 0.5) is 5.69 Å². The zero-order chi connectivity index (χ0) is 30.7. The van der Waals surface area contributed by atoms with E-state index < -0.39 is 23.3 Å². The number of nitrogens with zero attached hydrogens (tertiary/aromatic N) is 3. The topological polar surface area (TPSA) is 126 Å². The van der Waals surface area contributed by atoms with E-state index in [0.717, 1.165) is 36.1 Å². The highest BCUT2D eigenvalue weighted by atomic mass is 16.7. The van der Waals surface area contributed by atoms with E-state index in [9.17, 15) is 19.5 Å². The molecule has 0 aromatic heterocycles. The largest absolute Gasteiger partial charge is 0.481 e. The number of amides is 2. The van der Waals surface area contributed by atoms with Crippen LogP contribution in [0.15, 0.2) is 42.5 Å². The summed E-state index contributed by atoms with van der Waals surface area (Å²) in [5.74, 6) is -0.779. The number of carboxylic acids is 1. The van der Waals surface area contributed by atoms with Crippen LogP contribution in [0, 0.1) is 11.3 Å². The number of unbranched alkanes of at least 4 members (excludes halogenated alkanes) is 1. The molecule has 3 atom stereocenters. The number of carboxylic acid groups (broad SMARTS) is 1. The maximum atomic E-state index is 14.0. The van der Waals surface area contributed by atoms with Crippen LogP contribution in [-0.2, 0) is 20.9 Å². The summed E-state index contributed by atoms with van der Waals surface area (Å²) in [7, 11) is 0. The molecular weight excluding hydrogens is 548 g/mol. The summed E-state index contributed by atoms with van der Waals surface area (Å²) in [5, 5.41) is 10.6. The van der Waals surface area contributed by atoms with Gasteiger partial charge >= 0.3 is 5.97 Å². The molecule has 2 aromatic carbocycles. The Morgan fingerprint density at radius 1 is 1.14 bits per heavy atom. The normalized spacial score (nSPS) is 22.7. The van der Waals surface area contributed by atoms with Crippen molar-refractivity contribution in [3.05, 3.63) is 53.6 Å². The minimum absolute atomic E-state index is 0.0749. The van der Waals surface area contributed by atoms with Crippen molar-refractivity contribution in [2.24, 2.45) is 17.1 Å². The molecule has 3 heterocycles. The van der Waals surface area contributed by atoms with Gasteiger partial charge in [-0.05, 0) is 54.7 Å². The number of fused-ring (bicyclic) bond motifs is 1. The van der Waals surface area contributed by atoms with Crippen molar-refractivity contribution in [1.29, 1.82) is 0 Å². The number of hydrogen-bond donors (Lipinski definition) is 2. The first-order valence-electron chi connectivity index (χ1n) is 15.4. The molecule has 2 amide bonds. The second kappa shape index (κ2) is 12.9. The van der Waals surface area contributed by atoms with Crippen LogP contribution in [0.2, 0.25) is 0 Å². The lowest BCUT2D eigenvalue weighted by molar-refractivity contribution is -0.143.